The molecule has 4 heterocycles. The molecule has 0 aromatic carbocycles. The van der Waals surface area contributed by atoms with E-state index in [2.05, 4.69) is 15.0 Å². The molecule has 1 saturated heterocycles. The van der Waals surface area contributed by atoms with Crippen LogP contribution in [0.4, 0.5) is 0 Å². The Hall–Kier alpha value is -1.66. The van der Waals surface area contributed by atoms with Gasteiger partial charge in [0.25, 0.3) is 0 Å². The Bertz CT molecular complexity index is 572. The van der Waals surface area contributed by atoms with E-state index >= 15 is 0 Å². The van der Waals surface area contributed by atoms with Crippen LogP contribution in [-0.4, -0.2) is 45.4 Å². The van der Waals surface area contributed by atoms with Crippen molar-refractivity contribution < 1.29 is 9.26 Å². The van der Waals surface area contributed by atoms with Crippen LogP contribution >= 0.6 is 0 Å². The lowest BCUT2D eigenvalue weighted by molar-refractivity contribution is 0.131. The van der Waals surface area contributed by atoms with Crippen LogP contribution in [0.1, 0.15) is 23.4 Å². The number of aromatic nitrogens is 3. The molecule has 0 spiro atoms. The van der Waals surface area contributed by atoms with Crippen LogP contribution in [0.3, 0.4) is 0 Å². The van der Waals surface area contributed by atoms with Crippen molar-refractivity contribution in [3.05, 3.63) is 35.7 Å². The van der Waals surface area contributed by atoms with Gasteiger partial charge in [-0.05, 0) is 6.42 Å². The van der Waals surface area contributed by atoms with E-state index in [1.165, 1.54) is 5.56 Å². The summed E-state index contributed by atoms with van der Waals surface area (Å²) in [5.41, 5.74) is 2.29. The fourth-order valence-electron chi connectivity index (χ4n) is 3.08. The zero-order chi connectivity index (χ0) is 13.4. The average molecular weight is 274 g/mol. The van der Waals surface area contributed by atoms with Crippen molar-refractivity contribution >= 4 is 0 Å². The minimum atomic E-state index is 0.555. The first-order chi connectivity index (χ1) is 9.90. The zero-order valence-corrected chi connectivity index (χ0v) is 11.4. The summed E-state index contributed by atoms with van der Waals surface area (Å²) in [5.74, 6) is 1.05. The first-order valence-electron chi connectivity index (χ1n) is 7.14. The zero-order valence-electron chi connectivity index (χ0n) is 11.4. The molecule has 0 aliphatic carbocycles. The number of hydrogen-bond acceptors (Lipinski definition) is 5. The van der Waals surface area contributed by atoms with E-state index < -0.39 is 0 Å². The fraction of sp³-hybridized carbons (Fsp3) is 0.571. The minimum Gasteiger partial charge on any atom is -0.380 e. The van der Waals surface area contributed by atoms with Gasteiger partial charge >= 0.3 is 0 Å². The molecule has 6 nitrogen and oxygen atoms in total. The van der Waals surface area contributed by atoms with Gasteiger partial charge in [0.1, 0.15) is 11.5 Å². The van der Waals surface area contributed by atoms with Crippen molar-refractivity contribution in [3.63, 3.8) is 0 Å². The second kappa shape index (κ2) is 5.03. The largest absolute Gasteiger partial charge is 0.380 e. The molecule has 0 saturated carbocycles. The molecule has 1 fully saturated rings. The van der Waals surface area contributed by atoms with E-state index in [1.807, 2.05) is 17.1 Å². The quantitative estimate of drug-likeness (QED) is 0.838. The van der Waals surface area contributed by atoms with Gasteiger partial charge in [-0.3, -0.25) is 4.90 Å². The van der Waals surface area contributed by atoms with Crippen molar-refractivity contribution in [2.45, 2.75) is 32.0 Å². The number of fused-ring (bicyclic) bond motifs is 1. The van der Waals surface area contributed by atoms with Crippen LogP contribution in [0.15, 0.2) is 23.2 Å². The fourth-order valence-corrected chi connectivity index (χ4v) is 3.08. The molecule has 4 rings (SSSR count). The first-order valence-corrected chi connectivity index (χ1v) is 7.14. The minimum absolute atomic E-state index is 0.555. The lowest BCUT2D eigenvalue weighted by Crippen LogP contribution is -2.39. The molecule has 20 heavy (non-hydrogen) atoms. The highest BCUT2D eigenvalue weighted by atomic mass is 16.5. The monoisotopic (exact) mass is 274 g/mol. The van der Waals surface area contributed by atoms with Gasteiger partial charge < -0.3 is 13.8 Å². The number of nitrogens with zero attached hydrogens (tertiary/aromatic N) is 4. The summed E-state index contributed by atoms with van der Waals surface area (Å²) in [6, 6.07) is 0.555. The maximum atomic E-state index is 5.51. The number of ether oxygens (including phenoxy) is 1. The molecule has 2 aliphatic rings. The van der Waals surface area contributed by atoms with Crippen LogP contribution in [0.5, 0.6) is 0 Å². The lowest BCUT2D eigenvalue weighted by atomic mass is 10.0. The molecular weight excluding hydrogens is 256 g/mol. The SMILES string of the molecule is c1cn(Cc2noc3c2CN(C2CCOC2)CC3)cn1. The Morgan fingerprint density at radius 1 is 1.40 bits per heavy atom. The highest BCUT2D eigenvalue weighted by Gasteiger charge is 2.30. The topological polar surface area (TPSA) is 56.3 Å². The number of rotatable bonds is 3. The van der Waals surface area contributed by atoms with Crippen molar-refractivity contribution in [2.75, 3.05) is 19.8 Å². The summed E-state index contributed by atoms with van der Waals surface area (Å²) in [7, 11) is 0. The van der Waals surface area contributed by atoms with Gasteiger partial charge in [0.2, 0.25) is 0 Å². The summed E-state index contributed by atoms with van der Waals surface area (Å²) in [5, 5.41) is 4.25. The van der Waals surface area contributed by atoms with Gasteiger partial charge in [0.15, 0.2) is 0 Å². The molecule has 1 unspecified atom stereocenters. The summed E-state index contributed by atoms with van der Waals surface area (Å²) >= 11 is 0. The van der Waals surface area contributed by atoms with Crippen molar-refractivity contribution in [3.8, 4) is 0 Å². The second-order valence-electron chi connectivity index (χ2n) is 5.50. The van der Waals surface area contributed by atoms with Crippen LogP contribution < -0.4 is 0 Å². The normalized spacial score (nSPS) is 23.1. The molecule has 0 bridgehead atoms. The maximum Gasteiger partial charge on any atom is 0.142 e. The van der Waals surface area contributed by atoms with Crippen molar-refractivity contribution in [1.29, 1.82) is 0 Å². The smallest absolute Gasteiger partial charge is 0.142 e. The van der Waals surface area contributed by atoms with E-state index in [1.54, 1.807) is 6.20 Å². The molecule has 1 atom stereocenters. The molecule has 2 aliphatic heterocycles. The average Bonchev–Trinajstić information content (AvgIpc) is 3.20. The standard InChI is InChI=1S/C14H18N4O2/c1-4-18(11-2-6-19-9-11)7-12-13(16-20-14(1)12)8-17-5-3-15-10-17/h3,5,10-11H,1-2,4,6-9H2. The Balaban J connectivity index is 1.54. The van der Waals surface area contributed by atoms with Crippen molar-refractivity contribution in [1.82, 2.24) is 19.6 Å². The molecule has 0 amide bonds. The third kappa shape index (κ3) is 2.14. The van der Waals surface area contributed by atoms with Crippen LogP contribution in [0, 0.1) is 0 Å². The van der Waals surface area contributed by atoms with E-state index in [9.17, 15) is 0 Å². The highest BCUT2D eigenvalue weighted by Crippen LogP contribution is 2.26. The molecular formula is C14H18N4O2. The van der Waals surface area contributed by atoms with Crippen LogP contribution in [0.2, 0.25) is 0 Å². The lowest BCUT2D eigenvalue weighted by Gasteiger charge is -2.30. The Labute approximate surface area is 117 Å². The van der Waals surface area contributed by atoms with E-state index in [4.69, 9.17) is 9.26 Å². The predicted octanol–water partition coefficient (Wildman–Crippen LogP) is 1.07. The Kier molecular flexibility index (Phi) is 3.05. The molecule has 6 heteroatoms. The predicted molar refractivity (Wildman–Crippen MR) is 71.2 cm³/mol. The summed E-state index contributed by atoms with van der Waals surface area (Å²) in [6.07, 6.45) is 7.63. The molecule has 0 N–H and O–H groups in total. The summed E-state index contributed by atoms with van der Waals surface area (Å²) in [4.78, 5) is 6.57. The van der Waals surface area contributed by atoms with Gasteiger partial charge in [-0.2, -0.15) is 0 Å². The summed E-state index contributed by atoms with van der Waals surface area (Å²) in [6.45, 7) is 4.45. The van der Waals surface area contributed by atoms with E-state index in [0.717, 1.165) is 57.1 Å². The summed E-state index contributed by atoms with van der Waals surface area (Å²) < 4.78 is 13.0. The van der Waals surface area contributed by atoms with Crippen LogP contribution in [-0.2, 0) is 24.2 Å². The third-order valence-electron chi connectivity index (χ3n) is 4.25. The van der Waals surface area contributed by atoms with Gasteiger partial charge in [-0.15, -0.1) is 0 Å². The van der Waals surface area contributed by atoms with Gasteiger partial charge in [0.05, 0.1) is 19.5 Å². The Morgan fingerprint density at radius 2 is 2.40 bits per heavy atom. The molecule has 106 valence electrons. The molecule has 2 aromatic heterocycles. The first kappa shape index (κ1) is 12.1. The number of imidazole rings is 1. The highest BCUT2D eigenvalue weighted by molar-refractivity contribution is 5.26. The van der Waals surface area contributed by atoms with Gasteiger partial charge in [0, 0.05) is 50.1 Å². The maximum absolute atomic E-state index is 5.51. The van der Waals surface area contributed by atoms with Gasteiger partial charge in [-0.1, -0.05) is 5.16 Å². The van der Waals surface area contributed by atoms with Crippen LogP contribution in [0.25, 0.3) is 0 Å². The third-order valence-corrected chi connectivity index (χ3v) is 4.25. The number of hydrogen-bond donors (Lipinski definition) is 0. The molecule has 0 radical (unpaired) electrons. The second-order valence-corrected chi connectivity index (χ2v) is 5.50. The van der Waals surface area contributed by atoms with E-state index in [-0.39, 0.29) is 0 Å². The Morgan fingerprint density at radius 3 is 3.20 bits per heavy atom. The van der Waals surface area contributed by atoms with Crippen molar-refractivity contribution in [2.24, 2.45) is 0 Å². The molecule has 2 aromatic rings. The van der Waals surface area contributed by atoms with E-state index in [0.29, 0.717) is 6.04 Å². The van der Waals surface area contributed by atoms with Gasteiger partial charge in [-0.25, -0.2) is 4.98 Å².